The smallest absolute Gasteiger partial charge is 0.252 e. The quantitative estimate of drug-likeness (QED) is 0.493. The standard InChI is InChI=1S/C25H28N4O4S/c1-15(30)22-11-19(14-34-22)23(31)26-12-21-16(2)33-25(28-21)17-6-4-8-20(10-17)27-24(32)18-7-5-9-29(3)13-18/h4,6,8,10-11,14,18H,5,7,9,12-13H2,1-3H3,(H,26,31)(H,27,32). The second-order valence-corrected chi connectivity index (χ2v) is 9.54. The third-order valence-corrected chi connectivity index (χ3v) is 6.92. The van der Waals surface area contributed by atoms with E-state index in [1.807, 2.05) is 31.3 Å². The Hall–Kier alpha value is -3.30. The van der Waals surface area contributed by atoms with Crippen LogP contribution in [-0.4, -0.2) is 47.6 Å². The van der Waals surface area contributed by atoms with Gasteiger partial charge in [0.25, 0.3) is 5.91 Å². The number of hydrogen-bond acceptors (Lipinski definition) is 7. The number of benzene rings is 1. The van der Waals surface area contributed by atoms with Gasteiger partial charge in [-0.05, 0) is 64.5 Å². The topological polar surface area (TPSA) is 105 Å². The highest BCUT2D eigenvalue weighted by Gasteiger charge is 2.24. The highest BCUT2D eigenvalue weighted by Crippen LogP contribution is 2.25. The predicted molar refractivity (Wildman–Crippen MR) is 131 cm³/mol. The first-order chi connectivity index (χ1) is 16.3. The zero-order valence-electron chi connectivity index (χ0n) is 19.5. The van der Waals surface area contributed by atoms with Gasteiger partial charge in [-0.3, -0.25) is 14.4 Å². The van der Waals surface area contributed by atoms with Gasteiger partial charge in [-0.25, -0.2) is 4.98 Å². The van der Waals surface area contributed by atoms with Crippen molar-refractivity contribution in [1.82, 2.24) is 15.2 Å². The number of thiophene rings is 1. The summed E-state index contributed by atoms with van der Waals surface area (Å²) in [6, 6.07) is 9.00. The van der Waals surface area contributed by atoms with Crippen molar-refractivity contribution >= 4 is 34.6 Å². The number of Topliss-reactive ketones (excluding diaryl/α,β-unsaturated/α-hetero) is 1. The van der Waals surface area contributed by atoms with Crippen LogP contribution in [0.25, 0.3) is 11.5 Å². The van der Waals surface area contributed by atoms with Crippen LogP contribution in [0.4, 0.5) is 5.69 Å². The third kappa shape index (κ3) is 5.60. The summed E-state index contributed by atoms with van der Waals surface area (Å²) in [5.74, 6) is 0.694. The van der Waals surface area contributed by atoms with E-state index in [9.17, 15) is 14.4 Å². The summed E-state index contributed by atoms with van der Waals surface area (Å²) < 4.78 is 5.84. The molecule has 1 aromatic carbocycles. The summed E-state index contributed by atoms with van der Waals surface area (Å²) in [6.45, 7) is 5.26. The molecule has 1 atom stereocenters. The van der Waals surface area contributed by atoms with Crippen LogP contribution in [-0.2, 0) is 11.3 Å². The number of nitrogens with one attached hydrogen (secondary N) is 2. The van der Waals surface area contributed by atoms with E-state index >= 15 is 0 Å². The van der Waals surface area contributed by atoms with Crippen molar-refractivity contribution in [2.45, 2.75) is 33.2 Å². The zero-order valence-corrected chi connectivity index (χ0v) is 20.3. The number of aryl methyl sites for hydroxylation is 1. The van der Waals surface area contributed by atoms with Crippen molar-refractivity contribution in [3.8, 4) is 11.5 Å². The average Bonchev–Trinajstić information content (AvgIpc) is 3.45. The summed E-state index contributed by atoms with van der Waals surface area (Å²) in [4.78, 5) is 43.8. The maximum absolute atomic E-state index is 12.7. The number of rotatable bonds is 7. The van der Waals surface area contributed by atoms with Crippen molar-refractivity contribution < 1.29 is 18.8 Å². The Morgan fingerprint density at radius 1 is 1.26 bits per heavy atom. The first kappa shape index (κ1) is 23.8. The van der Waals surface area contributed by atoms with Gasteiger partial charge in [0.1, 0.15) is 11.5 Å². The number of nitrogens with zero attached hydrogens (tertiary/aromatic N) is 2. The van der Waals surface area contributed by atoms with E-state index in [-0.39, 0.29) is 30.1 Å². The molecule has 1 fully saturated rings. The number of anilines is 1. The molecule has 0 saturated carbocycles. The minimum absolute atomic E-state index is 0.0173. The fourth-order valence-electron chi connectivity index (χ4n) is 3.98. The van der Waals surface area contributed by atoms with Gasteiger partial charge in [0.15, 0.2) is 5.78 Å². The van der Waals surface area contributed by atoms with Gasteiger partial charge >= 0.3 is 0 Å². The number of ketones is 1. The Labute approximate surface area is 202 Å². The maximum atomic E-state index is 12.7. The lowest BCUT2D eigenvalue weighted by atomic mass is 9.97. The third-order valence-electron chi connectivity index (χ3n) is 5.89. The van der Waals surface area contributed by atoms with Gasteiger partial charge in [-0.2, -0.15) is 0 Å². The molecule has 1 aliphatic rings. The molecule has 9 heteroatoms. The molecule has 1 unspecified atom stereocenters. The SMILES string of the molecule is CC(=O)c1cc(C(=O)NCc2nc(-c3cccc(NC(=O)C4CCCN(C)C4)c3)oc2C)cs1. The molecule has 0 aliphatic carbocycles. The lowest BCUT2D eigenvalue weighted by Gasteiger charge is -2.28. The molecule has 0 bridgehead atoms. The van der Waals surface area contributed by atoms with E-state index in [0.29, 0.717) is 33.5 Å². The molecule has 2 amide bonds. The van der Waals surface area contributed by atoms with Gasteiger partial charge in [-0.15, -0.1) is 11.3 Å². The Bertz CT molecular complexity index is 1220. The zero-order chi connectivity index (χ0) is 24.2. The summed E-state index contributed by atoms with van der Waals surface area (Å²) in [6.07, 6.45) is 1.92. The first-order valence-corrected chi connectivity index (χ1v) is 12.1. The highest BCUT2D eigenvalue weighted by atomic mass is 32.1. The second kappa shape index (κ2) is 10.3. The number of hydrogen-bond donors (Lipinski definition) is 2. The number of carbonyl (C=O) groups is 3. The second-order valence-electron chi connectivity index (χ2n) is 8.63. The largest absolute Gasteiger partial charge is 0.441 e. The van der Waals surface area contributed by atoms with Gasteiger partial charge in [0, 0.05) is 23.2 Å². The molecule has 4 rings (SSSR count). The van der Waals surface area contributed by atoms with Crippen LogP contribution in [0.2, 0.25) is 0 Å². The number of amides is 2. The van der Waals surface area contributed by atoms with Crippen LogP contribution in [0.1, 0.15) is 51.2 Å². The highest BCUT2D eigenvalue weighted by molar-refractivity contribution is 7.12. The van der Waals surface area contributed by atoms with Crippen molar-refractivity contribution in [3.63, 3.8) is 0 Å². The van der Waals surface area contributed by atoms with Crippen LogP contribution in [0.5, 0.6) is 0 Å². The molecule has 178 valence electrons. The van der Waals surface area contributed by atoms with Crippen LogP contribution in [0.3, 0.4) is 0 Å². The monoisotopic (exact) mass is 480 g/mol. The van der Waals surface area contributed by atoms with Crippen LogP contribution < -0.4 is 10.6 Å². The number of oxazole rings is 1. The Morgan fingerprint density at radius 2 is 2.09 bits per heavy atom. The molecule has 0 spiro atoms. The molecule has 1 aliphatic heterocycles. The Kier molecular flexibility index (Phi) is 7.23. The molecule has 2 N–H and O–H groups in total. The Balaban J connectivity index is 1.40. The molecular formula is C25H28N4O4S. The Morgan fingerprint density at radius 3 is 2.82 bits per heavy atom. The number of carbonyl (C=O) groups excluding carboxylic acids is 3. The summed E-state index contributed by atoms with van der Waals surface area (Å²) >= 11 is 1.25. The summed E-state index contributed by atoms with van der Waals surface area (Å²) in [7, 11) is 2.04. The van der Waals surface area contributed by atoms with Crippen molar-refractivity contribution in [2.75, 3.05) is 25.5 Å². The number of piperidine rings is 1. The van der Waals surface area contributed by atoms with Crippen LogP contribution in [0.15, 0.2) is 40.1 Å². The van der Waals surface area contributed by atoms with Gasteiger partial charge in [0.2, 0.25) is 11.8 Å². The van der Waals surface area contributed by atoms with Crippen molar-refractivity contribution in [1.29, 1.82) is 0 Å². The summed E-state index contributed by atoms with van der Waals surface area (Å²) in [5, 5.41) is 7.51. The van der Waals surface area contributed by atoms with E-state index in [4.69, 9.17) is 4.42 Å². The molecule has 34 heavy (non-hydrogen) atoms. The summed E-state index contributed by atoms with van der Waals surface area (Å²) in [5.41, 5.74) is 2.50. The van der Waals surface area contributed by atoms with Crippen molar-refractivity contribution in [2.24, 2.45) is 5.92 Å². The number of aromatic nitrogens is 1. The lowest BCUT2D eigenvalue weighted by Crippen LogP contribution is -2.38. The molecule has 3 aromatic rings. The first-order valence-electron chi connectivity index (χ1n) is 11.2. The van der Waals surface area contributed by atoms with Crippen LogP contribution >= 0.6 is 11.3 Å². The van der Waals surface area contributed by atoms with Gasteiger partial charge < -0.3 is 20.0 Å². The molecular weight excluding hydrogens is 452 g/mol. The minimum atomic E-state index is -0.272. The number of likely N-dealkylation sites (tertiary alicyclic amines) is 1. The van der Waals surface area contributed by atoms with E-state index in [1.165, 1.54) is 18.3 Å². The van der Waals surface area contributed by atoms with E-state index < -0.39 is 0 Å². The van der Waals surface area contributed by atoms with Gasteiger partial charge in [0.05, 0.1) is 22.9 Å². The van der Waals surface area contributed by atoms with Gasteiger partial charge in [-0.1, -0.05) is 6.07 Å². The fraction of sp³-hybridized carbons (Fsp3) is 0.360. The molecule has 8 nitrogen and oxygen atoms in total. The average molecular weight is 481 g/mol. The predicted octanol–water partition coefficient (Wildman–Crippen LogP) is 4.12. The normalized spacial score (nSPS) is 16.3. The fourth-order valence-corrected chi connectivity index (χ4v) is 4.77. The molecule has 2 aromatic heterocycles. The molecule has 3 heterocycles. The molecule has 1 saturated heterocycles. The lowest BCUT2D eigenvalue weighted by molar-refractivity contribution is -0.121. The van der Waals surface area contributed by atoms with Crippen molar-refractivity contribution in [3.05, 3.63) is 57.6 Å². The van der Waals surface area contributed by atoms with Crippen LogP contribution in [0, 0.1) is 12.8 Å². The molecule has 0 radical (unpaired) electrons. The van der Waals surface area contributed by atoms with E-state index in [1.54, 1.807) is 18.4 Å². The van der Waals surface area contributed by atoms with E-state index in [0.717, 1.165) is 31.5 Å². The van der Waals surface area contributed by atoms with E-state index in [2.05, 4.69) is 20.5 Å². The minimum Gasteiger partial charge on any atom is -0.441 e. The maximum Gasteiger partial charge on any atom is 0.252 e.